The molecule has 2 aromatic rings. The Morgan fingerprint density at radius 2 is 1.87 bits per heavy atom. The van der Waals surface area contributed by atoms with Crippen LogP contribution in [0.1, 0.15) is 5.56 Å². The smallest absolute Gasteiger partial charge is 0.290 e. The van der Waals surface area contributed by atoms with E-state index in [0.29, 0.717) is 5.69 Å². The zero-order chi connectivity index (χ0) is 17.0. The monoisotopic (exact) mass is 336 g/mol. The standard InChI is InChI=1S/C13H9ClN4O5/c14-11-3-1-9(6-12(11)18(22)23)16-15-7-8-5-10(17(20)21)2-4-13(8)19/h1-7,16,19H/b15-7-. The molecule has 23 heavy (non-hydrogen) atoms. The first kappa shape index (κ1) is 16.2. The maximum Gasteiger partial charge on any atom is 0.290 e. The highest BCUT2D eigenvalue weighted by Crippen LogP contribution is 2.27. The SMILES string of the molecule is O=[N+]([O-])c1ccc(O)c(/C=N\Nc2ccc(Cl)c([N+](=O)[O-])c2)c1. The number of hydrogen-bond acceptors (Lipinski definition) is 7. The lowest BCUT2D eigenvalue weighted by Gasteiger charge is -2.02. The number of phenolic OH excluding ortho intramolecular Hbond substituents is 1. The van der Waals surface area contributed by atoms with Crippen LogP contribution in [0.4, 0.5) is 17.1 Å². The van der Waals surface area contributed by atoms with E-state index in [0.717, 1.165) is 18.3 Å². The Hall–Kier alpha value is -3.20. The fourth-order valence-electron chi connectivity index (χ4n) is 1.66. The number of rotatable bonds is 5. The van der Waals surface area contributed by atoms with Gasteiger partial charge in [0.2, 0.25) is 0 Å². The first-order valence-electron chi connectivity index (χ1n) is 6.09. The van der Waals surface area contributed by atoms with Gasteiger partial charge >= 0.3 is 0 Å². The van der Waals surface area contributed by atoms with Gasteiger partial charge in [0.25, 0.3) is 11.4 Å². The van der Waals surface area contributed by atoms with E-state index in [9.17, 15) is 25.3 Å². The first-order chi connectivity index (χ1) is 10.9. The molecule has 2 rings (SSSR count). The van der Waals surface area contributed by atoms with Crippen molar-refractivity contribution in [1.82, 2.24) is 0 Å². The molecule has 0 spiro atoms. The zero-order valence-electron chi connectivity index (χ0n) is 11.3. The van der Waals surface area contributed by atoms with Gasteiger partial charge in [0.15, 0.2) is 0 Å². The molecular formula is C13H9ClN4O5. The number of nitrogens with zero attached hydrogens (tertiary/aromatic N) is 3. The number of halogens is 1. The van der Waals surface area contributed by atoms with Gasteiger partial charge in [-0.05, 0) is 18.2 Å². The van der Waals surface area contributed by atoms with E-state index in [2.05, 4.69) is 10.5 Å². The summed E-state index contributed by atoms with van der Waals surface area (Å²) in [5, 5.41) is 34.8. The Bertz CT molecular complexity index is 809. The van der Waals surface area contributed by atoms with Gasteiger partial charge in [-0.15, -0.1) is 0 Å². The lowest BCUT2D eigenvalue weighted by Crippen LogP contribution is -1.95. The second-order valence-electron chi connectivity index (χ2n) is 4.29. The summed E-state index contributed by atoms with van der Waals surface area (Å²) < 4.78 is 0. The molecule has 0 saturated heterocycles. The van der Waals surface area contributed by atoms with Crippen molar-refractivity contribution in [1.29, 1.82) is 0 Å². The number of nitrogens with one attached hydrogen (secondary N) is 1. The molecule has 0 bridgehead atoms. The summed E-state index contributed by atoms with van der Waals surface area (Å²) in [4.78, 5) is 20.2. The quantitative estimate of drug-likeness (QED) is 0.489. The van der Waals surface area contributed by atoms with Crippen molar-refractivity contribution in [3.05, 3.63) is 67.2 Å². The molecule has 0 saturated carbocycles. The van der Waals surface area contributed by atoms with Crippen molar-refractivity contribution in [2.45, 2.75) is 0 Å². The third kappa shape index (κ3) is 3.92. The van der Waals surface area contributed by atoms with Gasteiger partial charge in [-0.2, -0.15) is 5.10 Å². The number of nitro groups is 2. The number of phenols is 1. The van der Waals surface area contributed by atoms with Crippen molar-refractivity contribution in [3.63, 3.8) is 0 Å². The van der Waals surface area contributed by atoms with E-state index in [-0.39, 0.29) is 27.7 Å². The summed E-state index contributed by atoms with van der Waals surface area (Å²) >= 11 is 5.68. The molecule has 0 aromatic heterocycles. The zero-order valence-corrected chi connectivity index (χ0v) is 12.1. The van der Waals surface area contributed by atoms with Crippen molar-refractivity contribution in [2.75, 3.05) is 5.43 Å². The average Bonchev–Trinajstić information content (AvgIpc) is 2.50. The molecule has 0 heterocycles. The van der Waals surface area contributed by atoms with E-state index in [1.807, 2.05) is 0 Å². The summed E-state index contributed by atoms with van der Waals surface area (Å²) in [5.74, 6) is -0.191. The van der Waals surface area contributed by atoms with Crippen LogP contribution in [0.15, 0.2) is 41.5 Å². The van der Waals surface area contributed by atoms with E-state index >= 15 is 0 Å². The third-order valence-electron chi connectivity index (χ3n) is 2.76. The molecule has 2 N–H and O–H groups in total. The largest absolute Gasteiger partial charge is 0.507 e. The number of hydrogen-bond donors (Lipinski definition) is 2. The number of anilines is 1. The Morgan fingerprint density at radius 3 is 2.52 bits per heavy atom. The van der Waals surface area contributed by atoms with Gasteiger partial charge < -0.3 is 5.11 Å². The Balaban J connectivity index is 2.19. The van der Waals surface area contributed by atoms with Gasteiger partial charge in [-0.3, -0.25) is 25.7 Å². The maximum atomic E-state index is 10.8. The summed E-state index contributed by atoms with van der Waals surface area (Å²) in [7, 11) is 0. The minimum Gasteiger partial charge on any atom is -0.507 e. The average molecular weight is 337 g/mol. The second-order valence-corrected chi connectivity index (χ2v) is 4.70. The van der Waals surface area contributed by atoms with Crippen LogP contribution >= 0.6 is 11.6 Å². The fraction of sp³-hybridized carbons (Fsp3) is 0. The molecule has 0 aliphatic carbocycles. The van der Waals surface area contributed by atoms with Crippen LogP contribution in [0.3, 0.4) is 0 Å². The van der Waals surface area contributed by atoms with Crippen LogP contribution in [-0.4, -0.2) is 21.2 Å². The first-order valence-corrected chi connectivity index (χ1v) is 6.46. The summed E-state index contributed by atoms with van der Waals surface area (Å²) in [5.41, 5.74) is 2.44. The topological polar surface area (TPSA) is 131 Å². The summed E-state index contributed by atoms with van der Waals surface area (Å²) in [6.07, 6.45) is 1.16. The van der Waals surface area contributed by atoms with E-state index < -0.39 is 9.85 Å². The third-order valence-corrected chi connectivity index (χ3v) is 3.08. The maximum absolute atomic E-state index is 10.8. The Kier molecular flexibility index (Phi) is 4.72. The van der Waals surface area contributed by atoms with Gasteiger partial charge in [-0.1, -0.05) is 11.6 Å². The lowest BCUT2D eigenvalue weighted by atomic mass is 10.2. The van der Waals surface area contributed by atoms with Crippen LogP contribution in [0.2, 0.25) is 5.02 Å². The van der Waals surface area contributed by atoms with E-state index in [4.69, 9.17) is 11.6 Å². The van der Waals surface area contributed by atoms with Crippen molar-refractivity contribution < 1.29 is 15.0 Å². The molecule has 0 aliphatic heterocycles. The lowest BCUT2D eigenvalue weighted by molar-refractivity contribution is -0.385. The molecular weight excluding hydrogens is 328 g/mol. The van der Waals surface area contributed by atoms with Crippen molar-refractivity contribution >= 4 is 34.9 Å². The Morgan fingerprint density at radius 1 is 1.13 bits per heavy atom. The van der Waals surface area contributed by atoms with Gasteiger partial charge in [0.1, 0.15) is 10.8 Å². The van der Waals surface area contributed by atoms with Crippen LogP contribution in [0.5, 0.6) is 5.75 Å². The molecule has 0 atom stereocenters. The minimum atomic E-state index is -0.635. The Labute approximate surface area is 134 Å². The van der Waals surface area contributed by atoms with Gasteiger partial charge in [-0.25, -0.2) is 0 Å². The minimum absolute atomic E-state index is 0.0131. The van der Waals surface area contributed by atoms with Crippen LogP contribution in [-0.2, 0) is 0 Å². The molecule has 10 heteroatoms. The molecule has 118 valence electrons. The summed E-state index contributed by atoms with van der Waals surface area (Å²) in [6, 6.07) is 7.47. The second kappa shape index (κ2) is 6.71. The normalized spacial score (nSPS) is 10.7. The molecule has 0 aliphatic rings. The molecule has 0 fully saturated rings. The predicted octanol–water partition coefficient (Wildman–Crippen LogP) is 3.31. The van der Waals surface area contributed by atoms with Crippen LogP contribution < -0.4 is 5.43 Å². The van der Waals surface area contributed by atoms with Crippen LogP contribution in [0, 0.1) is 20.2 Å². The highest BCUT2D eigenvalue weighted by molar-refractivity contribution is 6.32. The number of non-ortho nitro benzene ring substituents is 1. The summed E-state index contributed by atoms with van der Waals surface area (Å²) in [6.45, 7) is 0. The fourth-order valence-corrected chi connectivity index (χ4v) is 1.84. The molecule has 2 aromatic carbocycles. The highest BCUT2D eigenvalue weighted by Gasteiger charge is 2.12. The van der Waals surface area contributed by atoms with Crippen LogP contribution in [0.25, 0.3) is 0 Å². The van der Waals surface area contributed by atoms with Gasteiger partial charge in [0.05, 0.1) is 21.7 Å². The molecule has 9 nitrogen and oxygen atoms in total. The number of nitro benzene ring substituents is 2. The van der Waals surface area contributed by atoms with E-state index in [1.54, 1.807) is 0 Å². The van der Waals surface area contributed by atoms with Crippen molar-refractivity contribution in [2.24, 2.45) is 5.10 Å². The van der Waals surface area contributed by atoms with E-state index in [1.165, 1.54) is 24.3 Å². The number of hydrazone groups is 1. The van der Waals surface area contributed by atoms with Crippen molar-refractivity contribution in [3.8, 4) is 5.75 Å². The predicted molar refractivity (Wildman–Crippen MR) is 84.1 cm³/mol. The molecule has 0 unspecified atom stereocenters. The van der Waals surface area contributed by atoms with Gasteiger partial charge in [0, 0.05) is 23.8 Å². The molecule has 0 amide bonds. The number of aromatic hydroxyl groups is 1. The highest BCUT2D eigenvalue weighted by atomic mass is 35.5. The molecule has 0 radical (unpaired) electrons. The number of benzene rings is 2.